The summed E-state index contributed by atoms with van der Waals surface area (Å²) >= 11 is 0. The summed E-state index contributed by atoms with van der Waals surface area (Å²) in [6, 6.07) is 4.77. The molecule has 0 spiro atoms. The molecule has 1 saturated heterocycles. The second-order valence-corrected chi connectivity index (χ2v) is 5.16. The molecule has 0 saturated carbocycles. The minimum absolute atomic E-state index is 0.0473. The highest BCUT2D eigenvalue weighted by atomic mass is 16.6. The monoisotopic (exact) mass is 277 g/mol. The van der Waals surface area contributed by atoms with Gasteiger partial charge in [-0.25, -0.2) is 0 Å². The first kappa shape index (κ1) is 14.5. The molecule has 108 valence electrons. The summed E-state index contributed by atoms with van der Waals surface area (Å²) in [6.07, 6.45) is 1.88. The van der Waals surface area contributed by atoms with Gasteiger partial charge in [0.05, 0.1) is 4.92 Å². The molecule has 1 aliphatic heterocycles. The van der Waals surface area contributed by atoms with Gasteiger partial charge in [-0.15, -0.1) is 0 Å². The Bertz CT molecular complexity index is 524. The van der Waals surface area contributed by atoms with E-state index >= 15 is 0 Å². The first-order chi connectivity index (χ1) is 9.50. The van der Waals surface area contributed by atoms with Crippen molar-refractivity contribution in [2.75, 3.05) is 20.1 Å². The highest BCUT2D eigenvalue weighted by Crippen LogP contribution is 2.21. The molecule has 0 unspecified atom stereocenters. The molecular weight excluding hydrogens is 258 g/mol. The number of benzene rings is 1. The molecule has 0 atom stereocenters. The largest absolute Gasteiger partial charge is 0.339 e. The molecule has 6 nitrogen and oxygen atoms in total. The topological polar surface area (TPSA) is 75.5 Å². The van der Waals surface area contributed by atoms with Crippen molar-refractivity contribution >= 4 is 11.6 Å². The summed E-state index contributed by atoms with van der Waals surface area (Å²) in [5.41, 5.74) is 1.07. The van der Waals surface area contributed by atoms with E-state index in [9.17, 15) is 14.9 Å². The second kappa shape index (κ2) is 6.00. The maximum atomic E-state index is 12.4. The Morgan fingerprint density at radius 2 is 2.05 bits per heavy atom. The lowest BCUT2D eigenvalue weighted by Crippen LogP contribution is -2.43. The maximum Gasteiger partial charge on any atom is 0.272 e. The minimum atomic E-state index is -0.430. The minimum Gasteiger partial charge on any atom is -0.339 e. The van der Waals surface area contributed by atoms with Crippen molar-refractivity contribution in [3.8, 4) is 0 Å². The fraction of sp³-hybridized carbons (Fsp3) is 0.500. The average Bonchev–Trinajstić information content (AvgIpc) is 2.46. The zero-order chi connectivity index (χ0) is 14.7. The van der Waals surface area contributed by atoms with Crippen LogP contribution in [0.4, 0.5) is 5.69 Å². The highest BCUT2D eigenvalue weighted by Gasteiger charge is 2.23. The standard InChI is InChI=1S/C14H19N3O3/c1-10-9-11(3-4-13(10)17(19)20)14(18)16(2)12-5-7-15-8-6-12/h3-4,9,12,15H,5-8H2,1-2H3. The van der Waals surface area contributed by atoms with Gasteiger partial charge in [0.1, 0.15) is 0 Å². The van der Waals surface area contributed by atoms with Crippen molar-refractivity contribution in [1.29, 1.82) is 0 Å². The zero-order valence-corrected chi connectivity index (χ0v) is 11.8. The van der Waals surface area contributed by atoms with E-state index in [-0.39, 0.29) is 17.6 Å². The number of aryl methyl sites for hydroxylation is 1. The first-order valence-electron chi connectivity index (χ1n) is 6.73. The van der Waals surface area contributed by atoms with Gasteiger partial charge in [-0.2, -0.15) is 0 Å². The van der Waals surface area contributed by atoms with E-state index in [1.807, 2.05) is 0 Å². The van der Waals surface area contributed by atoms with E-state index in [0.717, 1.165) is 25.9 Å². The predicted octanol–water partition coefficient (Wildman–Crippen LogP) is 1.73. The van der Waals surface area contributed by atoms with E-state index < -0.39 is 4.92 Å². The van der Waals surface area contributed by atoms with Gasteiger partial charge in [0, 0.05) is 30.3 Å². The molecule has 0 bridgehead atoms. The highest BCUT2D eigenvalue weighted by molar-refractivity contribution is 5.94. The zero-order valence-electron chi connectivity index (χ0n) is 11.8. The number of carbonyl (C=O) groups excluding carboxylic acids is 1. The summed E-state index contributed by atoms with van der Waals surface area (Å²) in [5, 5.41) is 14.1. The molecule has 1 aromatic carbocycles. The van der Waals surface area contributed by atoms with Gasteiger partial charge < -0.3 is 10.2 Å². The Hall–Kier alpha value is -1.95. The molecular formula is C14H19N3O3. The summed E-state index contributed by atoms with van der Waals surface area (Å²) in [4.78, 5) is 24.5. The fourth-order valence-electron chi connectivity index (χ4n) is 2.56. The van der Waals surface area contributed by atoms with Crippen LogP contribution in [0.25, 0.3) is 0 Å². The number of nitrogens with one attached hydrogen (secondary N) is 1. The number of hydrogen-bond donors (Lipinski definition) is 1. The van der Waals surface area contributed by atoms with Gasteiger partial charge in [-0.1, -0.05) is 0 Å². The third-order valence-electron chi connectivity index (χ3n) is 3.82. The molecule has 0 aromatic heterocycles. The summed E-state index contributed by atoms with van der Waals surface area (Å²) in [5.74, 6) is -0.0742. The SMILES string of the molecule is Cc1cc(C(=O)N(C)C2CCNCC2)ccc1[N+](=O)[O-]. The quantitative estimate of drug-likeness (QED) is 0.674. The maximum absolute atomic E-state index is 12.4. The Morgan fingerprint density at radius 1 is 1.40 bits per heavy atom. The number of nitrogens with zero attached hydrogens (tertiary/aromatic N) is 2. The van der Waals surface area contributed by atoms with Crippen LogP contribution in [0.2, 0.25) is 0 Å². The molecule has 1 N–H and O–H groups in total. The Morgan fingerprint density at radius 3 is 2.60 bits per heavy atom. The van der Waals surface area contributed by atoms with E-state index in [1.54, 1.807) is 24.9 Å². The van der Waals surface area contributed by atoms with Gasteiger partial charge >= 0.3 is 0 Å². The molecule has 0 aliphatic carbocycles. The van der Waals surface area contributed by atoms with Crippen LogP contribution in [0.5, 0.6) is 0 Å². The van der Waals surface area contributed by atoms with E-state index in [0.29, 0.717) is 11.1 Å². The molecule has 0 radical (unpaired) electrons. The van der Waals surface area contributed by atoms with Crippen LogP contribution >= 0.6 is 0 Å². The van der Waals surface area contributed by atoms with Crippen molar-refractivity contribution in [3.63, 3.8) is 0 Å². The van der Waals surface area contributed by atoms with Crippen LogP contribution in [0, 0.1) is 17.0 Å². The smallest absolute Gasteiger partial charge is 0.272 e. The third kappa shape index (κ3) is 2.96. The first-order valence-corrected chi connectivity index (χ1v) is 6.73. The van der Waals surface area contributed by atoms with Crippen LogP contribution in [0.3, 0.4) is 0 Å². The molecule has 1 amide bonds. The van der Waals surface area contributed by atoms with E-state index in [2.05, 4.69) is 5.32 Å². The fourth-order valence-corrected chi connectivity index (χ4v) is 2.56. The summed E-state index contributed by atoms with van der Waals surface area (Å²) in [7, 11) is 1.80. The van der Waals surface area contributed by atoms with Crippen LogP contribution < -0.4 is 5.32 Å². The molecule has 20 heavy (non-hydrogen) atoms. The van der Waals surface area contributed by atoms with Gasteiger partial charge in [-0.05, 0) is 45.0 Å². The van der Waals surface area contributed by atoms with Crippen LogP contribution in [0.1, 0.15) is 28.8 Å². The number of piperidine rings is 1. The number of rotatable bonds is 3. The second-order valence-electron chi connectivity index (χ2n) is 5.16. The molecule has 2 rings (SSSR count). The average molecular weight is 277 g/mol. The van der Waals surface area contributed by atoms with Crippen LogP contribution in [-0.4, -0.2) is 41.9 Å². The van der Waals surface area contributed by atoms with Crippen molar-refractivity contribution < 1.29 is 9.72 Å². The molecule has 1 heterocycles. The van der Waals surface area contributed by atoms with Crippen molar-refractivity contribution in [2.24, 2.45) is 0 Å². The van der Waals surface area contributed by atoms with E-state index in [1.165, 1.54) is 12.1 Å². The van der Waals surface area contributed by atoms with Crippen molar-refractivity contribution in [2.45, 2.75) is 25.8 Å². The number of nitro groups is 1. The van der Waals surface area contributed by atoms with Gasteiger partial charge in [0.25, 0.3) is 11.6 Å². The Labute approximate surface area is 117 Å². The summed E-state index contributed by atoms with van der Waals surface area (Å²) in [6.45, 7) is 3.49. The van der Waals surface area contributed by atoms with Gasteiger partial charge in [0.15, 0.2) is 0 Å². The molecule has 6 heteroatoms. The van der Waals surface area contributed by atoms with Crippen molar-refractivity contribution in [1.82, 2.24) is 10.2 Å². The third-order valence-corrected chi connectivity index (χ3v) is 3.82. The van der Waals surface area contributed by atoms with Crippen LogP contribution in [-0.2, 0) is 0 Å². The lowest BCUT2D eigenvalue weighted by Gasteiger charge is -2.31. The van der Waals surface area contributed by atoms with Crippen LogP contribution in [0.15, 0.2) is 18.2 Å². The number of nitro benzene ring substituents is 1. The number of carbonyl (C=O) groups is 1. The van der Waals surface area contributed by atoms with Gasteiger partial charge in [0.2, 0.25) is 0 Å². The molecule has 1 aromatic rings. The lowest BCUT2D eigenvalue weighted by molar-refractivity contribution is -0.385. The Kier molecular flexibility index (Phi) is 4.34. The van der Waals surface area contributed by atoms with Gasteiger partial charge in [-0.3, -0.25) is 14.9 Å². The van der Waals surface area contributed by atoms with E-state index in [4.69, 9.17) is 0 Å². The lowest BCUT2D eigenvalue weighted by atomic mass is 10.0. The molecule has 1 aliphatic rings. The summed E-state index contributed by atoms with van der Waals surface area (Å²) < 4.78 is 0. The normalized spacial score (nSPS) is 15.9. The van der Waals surface area contributed by atoms with Crippen molar-refractivity contribution in [3.05, 3.63) is 39.4 Å². The number of amides is 1. The Balaban J connectivity index is 2.16. The number of hydrogen-bond acceptors (Lipinski definition) is 4. The predicted molar refractivity (Wildman–Crippen MR) is 75.8 cm³/mol. The molecule has 1 fully saturated rings.